The van der Waals surface area contributed by atoms with E-state index >= 15 is 0 Å². The molecule has 1 saturated heterocycles. The normalized spacial score (nSPS) is 15.8. The second kappa shape index (κ2) is 8.80. The van der Waals surface area contributed by atoms with E-state index in [1.807, 2.05) is 24.3 Å². The van der Waals surface area contributed by atoms with Crippen molar-refractivity contribution in [2.75, 3.05) is 13.1 Å². The molecule has 0 amide bonds. The molecule has 3 rings (SSSR count). The second-order valence-corrected chi connectivity index (χ2v) is 7.19. The summed E-state index contributed by atoms with van der Waals surface area (Å²) in [7, 11) is 0. The fourth-order valence-electron chi connectivity index (χ4n) is 3.29. The Morgan fingerprint density at radius 1 is 0.920 bits per heavy atom. The van der Waals surface area contributed by atoms with Crippen molar-refractivity contribution in [2.24, 2.45) is 5.92 Å². The minimum atomic E-state index is 0.711. The molecule has 2 aromatic carbocycles. The number of benzene rings is 2. The van der Waals surface area contributed by atoms with Crippen LogP contribution in [0.3, 0.4) is 0 Å². The Bertz CT molecular complexity index is 690. The quantitative estimate of drug-likeness (QED) is 0.866. The maximum atomic E-state index is 8.82. The molecule has 0 radical (unpaired) electrons. The molecule has 3 nitrogen and oxygen atoms in total. The van der Waals surface area contributed by atoms with Crippen molar-refractivity contribution in [3.63, 3.8) is 0 Å². The summed E-state index contributed by atoms with van der Waals surface area (Å²) in [5.74, 6) is 0.890. The molecule has 1 N–H and O–H groups in total. The summed E-state index contributed by atoms with van der Waals surface area (Å²) in [6.45, 7) is 7.58. The minimum Gasteiger partial charge on any atom is -0.309 e. The largest absolute Gasteiger partial charge is 0.309 e. The van der Waals surface area contributed by atoms with Gasteiger partial charge in [-0.05, 0) is 60.7 Å². The van der Waals surface area contributed by atoms with E-state index < -0.39 is 0 Å². The standard InChI is InChI=1S/C22H27N3/c1-18-10-12-25(13-11-18)17-22-8-6-21(7-9-22)16-24-15-20-4-2-19(14-23)3-5-20/h2-9,18,24H,10-13,15-17H2,1H3. The molecule has 1 fully saturated rings. The fraction of sp³-hybridized carbons (Fsp3) is 0.409. The molecule has 0 bridgehead atoms. The van der Waals surface area contributed by atoms with Crippen molar-refractivity contribution in [1.82, 2.24) is 10.2 Å². The van der Waals surface area contributed by atoms with Crippen LogP contribution in [0.2, 0.25) is 0 Å². The van der Waals surface area contributed by atoms with Crippen molar-refractivity contribution in [1.29, 1.82) is 5.26 Å². The van der Waals surface area contributed by atoms with Gasteiger partial charge in [-0.25, -0.2) is 0 Å². The van der Waals surface area contributed by atoms with Gasteiger partial charge in [-0.2, -0.15) is 5.26 Å². The lowest BCUT2D eigenvalue weighted by Crippen LogP contribution is -2.32. The first kappa shape index (κ1) is 17.7. The first-order chi connectivity index (χ1) is 12.2. The molecule has 1 aliphatic heterocycles. The molecular weight excluding hydrogens is 306 g/mol. The summed E-state index contributed by atoms with van der Waals surface area (Å²) >= 11 is 0. The summed E-state index contributed by atoms with van der Waals surface area (Å²) in [5.41, 5.74) is 4.63. The molecule has 1 heterocycles. The van der Waals surface area contributed by atoms with Gasteiger partial charge in [0.25, 0.3) is 0 Å². The average molecular weight is 333 g/mol. The molecule has 0 aliphatic carbocycles. The van der Waals surface area contributed by atoms with Gasteiger partial charge < -0.3 is 5.32 Å². The predicted octanol–water partition coefficient (Wildman–Crippen LogP) is 4.08. The molecule has 0 saturated carbocycles. The molecule has 3 heteroatoms. The van der Waals surface area contributed by atoms with Crippen molar-refractivity contribution in [3.8, 4) is 6.07 Å². The van der Waals surface area contributed by atoms with Crippen molar-refractivity contribution < 1.29 is 0 Å². The Morgan fingerprint density at radius 3 is 2.00 bits per heavy atom. The molecule has 0 aromatic heterocycles. The van der Waals surface area contributed by atoms with E-state index in [0.717, 1.165) is 25.6 Å². The SMILES string of the molecule is CC1CCN(Cc2ccc(CNCc3ccc(C#N)cc3)cc2)CC1. The summed E-state index contributed by atoms with van der Waals surface area (Å²) in [5, 5.41) is 12.3. The number of nitrogens with one attached hydrogen (secondary N) is 1. The van der Waals surface area contributed by atoms with Crippen LogP contribution in [-0.4, -0.2) is 18.0 Å². The lowest BCUT2D eigenvalue weighted by molar-refractivity contribution is 0.185. The van der Waals surface area contributed by atoms with E-state index in [9.17, 15) is 0 Å². The Labute approximate surface area is 151 Å². The van der Waals surface area contributed by atoms with E-state index in [1.54, 1.807) is 0 Å². The summed E-state index contributed by atoms with van der Waals surface area (Å²) in [6, 6.07) is 18.9. The molecule has 1 aliphatic rings. The van der Waals surface area contributed by atoms with Gasteiger partial charge in [0.2, 0.25) is 0 Å². The topological polar surface area (TPSA) is 39.1 Å². The minimum absolute atomic E-state index is 0.711. The summed E-state index contributed by atoms with van der Waals surface area (Å²) in [4.78, 5) is 2.57. The highest BCUT2D eigenvalue weighted by molar-refractivity contribution is 5.31. The van der Waals surface area contributed by atoms with Crippen LogP contribution < -0.4 is 5.32 Å². The zero-order chi connectivity index (χ0) is 17.5. The highest BCUT2D eigenvalue weighted by Gasteiger charge is 2.15. The Hall–Kier alpha value is -2.15. The first-order valence-electron chi connectivity index (χ1n) is 9.23. The number of piperidine rings is 1. The second-order valence-electron chi connectivity index (χ2n) is 7.19. The van der Waals surface area contributed by atoms with Gasteiger partial charge in [-0.3, -0.25) is 4.90 Å². The average Bonchev–Trinajstić information content (AvgIpc) is 2.66. The van der Waals surface area contributed by atoms with Crippen LogP contribution in [-0.2, 0) is 19.6 Å². The molecular formula is C22H27N3. The van der Waals surface area contributed by atoms with Crippen molar-refractivity contribution >= 4 is 0 Å². The summed E-state index contributed by atoms with van der Waals surface area (Å²) in [6.07, 6.45) is 2.66. The van der Waals surface area contributed by atoms with Crippen LogP contribution in [0.4, 0.5) is 0 Å². The number of hydrogen-bond donors (Lipinski definition) is 1. The third-order valence-electron chi connectivity index (χ3n) is 5.05. The van der Waals surface area contributed by atoms with E-state index in [2.05, 4.69) is 47.5 Å². The highest BCUT2D eigenvalue weighted by atomic mass is 15.1. The van der Waals surface area contributed by atoms with Crippen LogP contribution in [0.1, 0.15) is 42.0 Å². The zero-order valence-corrected chi connectivity index (χ0v) is 15.0. The predicted molar refractivity (Wildman–Crippen MR) is 102 cm³/mol. The lowest BCUT2D eigenvalue weighted by Gasteiger charge is -2.30. The first-order valence-corrected chi connectivity index (χ1v) is 9.23. The van der Waals surface area contributed by atoms with Gasteiger partial charge in [-0.1, -0.05) is 43.3 Å². The number of nitrogens with zero attached hydrogens (tertiary/aromatic N) is 2. The van der Waals surface area contributed by atoms with Crippen LogP contribution in [0.25, 0.3) is 0 Å². The number of hydrogen-bond acceptors (Lipinski definition) is 3. The third kappa shape index (κ3) is 5.42. The number of rotatable bonds is 6. The number of likely N-dealkylation sites (tertiary alicyclic amines) is 1. The van der Waals surface area contributed by atoms with Crippen LogP contribution in [0, 0.1) is 17.2 Å². The molecule has 0 atom stereocenters. The Balaban J connectivity index is 1.43. The maximum Gasteiger partial charge on any atom is 0.0991 e. The molecule has 0 unspecified atom stereocenters. The fourth-order valence-corrected chi connectivity index (χ4v) is 3.29. The van der Waals surface area contributed by atoms with E-state index in [0.29, 0.717) is 5.56 Å². The van der Waals surface area contributed by atoms with Gasteiger partial charge in [0.1, 0.15) is 0 Å². The van der Waals surface area contributed by atoms with Crippen molar-refractivity contribution in [2.45, 2.75) is 39.4 Å². The van der Waals surface area contributed by atoms with Gasteiger partial charge >= 0.3 is 0 Å². The summed E-state index contributed by atoms with van der Waals surface area (Å²) < 4.78 is 0. The number of nitriles is 1. The lowest BCUT2D eigenvalue weighted by atomic mass is 9.99. The third-order valence-corrected chi connectivity index (χ3v) is 5.05. The van der Waals surface area contributed by atoms with E-state index in [4.69, 9.17) is 5.26 Å². The molecule has 25 heavy (non-hydrogen) atoms. The van der Waals surface area contributed by atoms with E-state index in [1.165, 1.54) is 42.6 Å². The van der Waals surface area contributed by atoms with Gasteiger partial charge in [0.05, 0.1) is 11.6 Å². The molecule has 130 valence electrons. The zero-order valence-electron chi connectivity index (χ0n) is 15.0. The molecule has 2 aromatic rings. The smallest absolute Gasteiger partial charge is 0.0991 e. The monoisotopic (exact) mass is 333 g/mol. The van der Waals surface area contributed by atoms with Gasteiger partial charge in [0.15, 0.2) is 0 Å². The maximum absolute atomic E-state index is 8.82. The Kier molecular flexibility index (Phi) is 6.22. The van der Waals surface area contributed by atoms with Crippen LogP contribution in [0.15, 0.2) is 48.5 Å². The van der Waals surface area contributed by atoms with Gasteiger partial charge in [-0.15, -0.1) is 0 Å². The van der Waals surface area contributed by atoms with Crippen LogP contribution >= 0.6 is 0 Å². The van der Waals surface area contributed by atoms with Crippen molar-refractivity contribution in [3.05, 3.63) is 70.8 Å². The van der Waals surface area contributed by atoms with Gasteiger partial charge in [0, 0.05) is 19.6 Å². The molecule has 0 spiro atoms. The Morgan fingerprint density at radius 2 is 1.44 bits per heavy atom. The van der Waals surface area contributed by atoms with E-state index in [-0.39, 0.29) is 0 Å². The highest BCUT2D eigenvalue weighted by Crippen LogP contribution is 2.18. The van der Waals surface area contributed by atoms with Crippen LogP contribution in [0.5, 0.6) is 0 Å².